The molecule has 0 bridgehead atoms. The molecule has 1 aliphatic rings. The van der Waals surface area contributed by atoms with Gasteiger partial charge in [0.25, 0.3) is 0 Å². The highest BCUT2D eigenvalue weighted by Gasteiger charge is 2.20. The fourth-order valence-electron chi connectivity index (χ4n) is 1.43. The van der Waals surface area contributed by atoms with E-state index in [1.165, 1.54) is 10.8 Å². The van der Waals surface area contributed by atoms with Crippen molar-refractivity contribution in [3.8, 4) is 0 Å². The van der Waals surface area contributed by atoms with Crippen LogP contribution in [0.1, 0.15) is 19.3 Å². The van der Waals surface area contributed by atoms with Crippen LogP contribution in [0.25, 0.3) is 0 Å². The fraction of sp³-hybridized carbons (Fsp3) is 0.500. The van der Waals surface area contributed by atoms with E-state index in [0.29, 0.717) is 6.42 Å². The summed E-state index contributed by atoms with van der Waals surface area (Å²) in [4.78, 5) is 22.0. The number of rotatable bonds is 3. The summed E-state index contributed by atoms with van der Waals surface area (Å²) in [6, 6.07) is 0. The first-order valence-corrected chi connectivity index (χ1v) is 5.78. The predicted molar refractivity (Wildman–Crippen MR) is 51.2 cm³/mol. The van der Waals surface area contributed by atoms with Gasteiger partial charge in [-0.05, 0) is 18.4 Å². The first kappa shape index (κ1) is 11.9. The Hall–Kier alpha value is -1.21. The second-order valence-electron chi connectivity index (χ2n) is 3.38. The average Bonchev–Trinajstić information content (AvgIpc) is 1.99. The normalized spacial score (nSPS) is 21.4. The van der Waals surface area contributed by atoms with Gasteiger partial charge in [0.05, 0.1) is 0 Å². The van der Waals surface area contributed by atoms with Gasteiger partial charge in [-0.25, -0.2) is 4.72 Å². The Labute approximate surface area is 87.2 Å². The topological polar surface area (TPSA) is 101 Å². The lowest BCUT2D eigenvalue weighted by atomic mass is 9.91. The molecular formula is C8H11NO5S. The molecule has 15 heavy (non-hydrogen) atoms. The lowest BCUT2D eigenvalue weighted by Gasteiger charge is -2.15. The maximum Gasteiger partial charge on any atom is 0.359 e. The number of carbonyl (C=O) groups excluding carboxylic acids is 2. The number of ketones is 1. The maximum absolute atomic E-state index is 11.0. The number of carbonyl (C=O) groups is 2. The average molecular weight is 233 g/mol. The molecule has 0 aliphatic heterocycles. The molecule has 0 aromatic heterocycles. The first-order valence-electron chi connectivity index (χ1n) is 4.34. The monoisotopic (exact) mass is 233 g/mol. The van der Waals surface area contributed by atoms with Crippen LogP contribution in [0, 0.1) is 5.92 Å². The molecule has 0 aromatic rings. The number of hydrogen-bond acceptors (Lipinski definition) is 4. The Morgan fingerprint density at radius 3 is 2.80 bits per heavy atom. The van der Waals surface area contributed by atoms with Crippen molar-refractivity contribution in [2.24, 2.45) is 5.92 Å². The molecule has 2 N–H and O–H groups in total. The van der Waals surface area contributed by atoms with Crippen LogP contribution in [0.15, 0.2) is 12.2 Å². The Balaban J connectivity index is 2.46. The van der Waals surface area contributed by atoms with Crippen LogP contribution in [0.3, 0.4) is 0 Å². The number of allylic oxidation sites excluding steroid dienone is 2. The minimum absolute atomic E-state index is 0.0779. The van der Waals surface area contributed by atoms with E-state index in [-0.39, 0.29) is 24.5 Å². The van der Waals surface area contributed by atoms with Crippen LogP contribution in [0.5, 0.6) is 0 Å². The zero-order valence-electron chi connectivity index (χ0n) is 7.84. The maximum atomic E-state index is 11.0. The molecule has 1 rings (SSSR count). The Kier molecular flexibility index (Phi) is 3.59. The van der Waals surface area contributed by atoms with E-state index in [1.54, 1.807) is 6.08 Å². The number of nitrogens with one attached hydrogen (secondary N) is 1. The van der Waals surface area contributed by atoms with Crippen LogP contribution < -0.4 is 4.72 Å². The zero-order valence-corrected chi connectivity index (χ0v) is 8.66. The van der Waals surface area contributed by atoms with E-state index in [4.69, 9.17) is 4.55 Å². The van der Waals surface area contributed by atoms with Crippen LogP contribution >= 0.6 is 0 Å². The van der Waals surface area contributed by atoms with Crippen LogP contribution in [0.4, 0.5) is 0 Å². The number of hydrogen-bond donors (Lipinski definition) is 2. The van der Waals surface area contributed by atoms with Gasteiger partial charge in [0.15, 0.2) is 5.78 Å². The van der Waals surface area contributed by atoms with Gasteiger partial charge >= 0.3 is 10.3 Å². The van der Waals surface area contributed by atoms with Gasteiger partial charge in [0, 0.05) is 12.8 Å². The van der Waals surface area contributed by atoms with Crippen molar-refractivity contribution in [2.75, 3.05) is 0 Å². The Bertz CT molecular complexity index is 397. The summed E-state index contributed by atoms with van der Waals surface area (Å²) in [5.41, 5.74) is 0. The van der Waals surface area contributed by atoms with Crippen LogP contribution in [-0.2, 0) is 19.9 Å². The molecule has 1 unspecified atom stereocenters. The Morgan fingerprint density at radius 1 is 1.60 bits per heavy atom. The molecular weight excluding hydrogens is 222 g/mol. The third-order valence-electron chi connectivity index (χ3n) is 1.98. The molecule has 1 atom stereocenters. The van der Waals surface area contributed by atoms with E-state index in [9.17, 15) is 18.0 Å². The second kappa shape index (κ2) is 4.54. The van der Waals surface area contributed by atoms with Crippen molar-refractivity contribution in [3.05, 3.63) is 12.2 Å². The quantitative estimate of drug-likeness (QED) is 0.659. The molecule has 7 heteroatoms. The van der Waals surface area contributed by atoms with E-state index in [1.807, 2.05) is 0 Å². The smallest absolute Gasteiger partial charge is 0.295 e. The molecule has 84 valence electrons. The van der Waals surface area contributed by atoms with Crippen molar-refractivity contribution >= 4 is 22.0 Å². The van der Waals surface area contributed by atoms with Gasteiger partial charge in [0.1, 0.15) is 0 Å². The highest BCUT2D eigenvalue weighted by atomic mass is 32.2. The van der Waals surface area contributed by atoms with Crippen molar-refractivity contribution < 1.29 is 22.6 Å². The molecule has 0 radical (unpaired) electrons. The van der Waals surface area contributed by atoms with Crippen molar-refractivity contribution in [3.63, 3.8) is 0 Å². The van der Waals surface area contributed by atoms with E-state index in [2.05, 4.69) is 0 Å². The van der Waals surface area contributed by atoms with Gasteiger partial charge in [-0.1, -0.05) is 6.08 Å². The third kappa shape index (κ3) is 4.71. The molecule has 0 heterocycles. The van der Waals surface area contributed by atoms with E-state index < -0.39 is 16.2 Å². The molecule has 0 spiro atoms. The van der Waals surface area contributed by atoms with Gasteiger partial charge in [-0.2, -0.15) is 8.42 Å². The van der Waals surface area contributed by atoms with Crippen molar-refractivity contribution in [1.82, 2.24) is 4.72 Å². The number of amides is 1. The second-order valence-corrected chi connectivity index (χ2v) is 4.53. The van der Waals surface area contributed by atoms with E-state index in [0.717, 1.165) is 0 Å². The summed E-state index contributed by atoms with van der Waals surface area (Å²) in [6.45, 7) is 0. The van der Waals surface area contributed by atoms with Crippen molar-refractivity contribution in [1.29, 1.82) is 0 Å². The summed E-state index contributed by atoms with van der Waals surface area (Å²) in [5, 5.41) is 0. The largest absolute Gasteiger partial charge is 0.359 e. The van der Waals surface area contributed by atoms with Crippen LogP contribution in [0.2, 0.25) is 0 Å². The highest BCUT2D eigenvalue weighted by molar-refractivity contribution is 7.84. The summed E-state index contributed by atoms with van der Waals surface area (Å²) in [6.07, 6.45) is 3.80. The summed E-state index contributed by atoms with van der Waals surface area (Å²) in [5.74, 6) is -1.07. The van der Waals surface area contributed by atoms with Gasteiger partial charge in [-0.15, -0.1) is 0 Å². The molecule has 0 aromatic carbocycles. The standard InChI is InChI=1S/C8H11NO5S/c10-7-3-1-2-6(4-7)5-8(11)9-15(12,13)14/h1,3,6H,2,4-5H2,(H,9,11)(H,12,13,14). The summed E-state index contributed by atoms with van der Waals surface area (Å²) >= 11 is 0. The summed E-state index contributed by atoms with van der Waals surface area (Å²) in [7, 11) is -4.49. The minimum Gasteiger partial charge on any atom is -0.295 e. The summed E-state index contributed by atoms with van der Waals surface area (Å²) < 4.78 is 30.3. The first-order chi connectivity index (χ1) is 6.87. The molecule has 1 aliphatic carbocycles. The molecule has 6 nitrogen and oxygen atoms in total. The molecule has 1 amide bonds. The van der Waals surface area contributed by atoms with Gasteiger partial charge < -0.3 is 0 Å². The molecule has 0 saturated heterocycles. The highest BCUT2D eigenvalue weighted by Crippen LogP contribution is 2.19. The lowest BCUT2D eigenvalue weighted by molar-refractivity contribution is -0.121. The molecule has 0 fully saturated rings. The van der Waals surface area contributed by atoms with Gasteiger partial charge in [0.2, 0.25) is 5.91 Å². The third-order valence-corrected chi connectivity index (χ3v) is 2.47. The van der Waals surface area contributed by atoms with Gasteiger partial charge in [-0.3, -0.25) is 14.1 Å². The Morgan fingerprint density at radius 2 is 2.27 bits per heavy atom. The lowest BCUT2D eigenvalue weighted by Crippen LogP contribution is -2.31. The minimum atomic E-state index is -4.49. The molecule has 0 saturated carbocycles. The predicted octanol–water partition coefficient (Wildman–Crippen LogP) is -0.169. The SMILES string of the molecule is O=C1C=CCC(CC(=O)NS(=O)(=O)O)C1. The zero-order chi connectivity index (χ0) is 11.5. The van der Waals surface area contributed by atoms with Crippen molar-refractivity contribution in [2.45, 2.75) is 19.3 Å². The fourth-order valence-corrected chi connectivity index (χ4v) is 1.80. The van der Waals surface area contributed by atoms with E-state index >= 15 is 0 Å². The van der Waals surface area contributed by atoms with Crippen LogP contribution in [-0.4, -0.2) is 24.7 Å².